The molecular formula is C13H20N2OS2. The van der Waals surface area contributed by atoms with Crippen molar-refractivity contribution >= 4 is 29.5 Å². The van der Waals surface area contributed by atoms with Crippen LogP contribution in [0.25, 0.3) is 0 Å². The van der Waals surface area contributed by atoms with Crippen molar-refractivity contribution in [2.24, 2.45) is 5.41 Å². The monoisotopic (exact) mass is 284 g/mol. The van der Waals surface area contributed by atoms with Gasteiger partial charge in [0.1, 0.15) is 0 Å². The molecule has 1 unspecified atom stereocenters. The molecule has 0 aromatic carbocycles. The van der Waals surface area contributed by atoms with Gasteiger partial charge in [0.2, 0.25) is 5.91 Å². The highest BCUT2D eigenvalue weighted by Crippen LogP contribution is 2.36. The van der Waals surface area contributed by atoms with Crippen LogP contribution in [0.3, 0.4) is 0 Å². The first-order valence-corrected chi connectivity index (χ1v) is 7.56. The molecule has 2 N–H and O–H groups in total. The predicted molar refractivity (Wildman–Crippen MR) is 77.5 cm³/mol. The van der Waals surface area contributed by atoms with Crippen molar-refractivity contribution in [2.45, 2.75) is 52.5 Å². The van der Waals surface area contributed by atoms with Crippen LogP contribution in [0.1, 0.15) is 43.7 Å². The van der Waals surface area contributed by atoms with Gasteiger partial charge in [-0.25, -0.2) is 0 Å². The molecule has 0 bridgehead atoms. The lowest BCUT2D eigenvalue weighted by Gasteiger charge is -2.17. The van der Waals surface area contributed by atoms with Crippen LogP contribution in [0.15, 0.2) is 0 Å². The Labute approximate surface area is 117 Å². The Hall–Kier alpha value is -0.680. The molecule has 5 heteroatoms. The van der Waals surface area contributed by atoms with E-state index >= 15 is 0 Å². The minimum absolute atomic E-state index is 0.117. The molecule has 0 aliphatic heterocycles. The summed E-state index contributed by atoms with van der Waals surface area (Å²) in [6.45, 7) is 6.50. The summed E-state index contributed by atoms with van der Waals surface area (Å²) in [7, 11) is 0. The Balaban J connectivity index is 1.90. The largest absolute Gasteiger partial charge is 0.353 e. The number of rotatable bonds is 3. The molecule has 0 radical (unpaired) electrons. The van der Waals surface area contributed by atoms with E-state index in [9.17, 15) is 4.79 Å². The van der Waals surface area contributed by atoms with Gasteiger partial charge in [0.25, 0.3) is 0 Å². The van der Waals surface area contributed by atoms with Crippen LogP contribution >= 0.6 is 23.6 Å². The summed E-state index contributed by atoms with van der Waals surface area (Å²) in [5.74, 6) is 0.117. The summed E-state index contributed by atoms with van der Waals surface area (Å²) in [6, 6.07) is 0.347. The van der Waals surface area contributed by atoms with E-state index in [-0.39, 0.29) is 5.91 Å². The maximum absolute atomic E-state index is 12.0. The molecular weight excluding hydrogens is 264 g/mol. The standard InChI is InChI=1S/C13H20N2OS2/c1-8-10(18-12(17)14-8)6-11(16)15-9-4-5-13(2,3)7-9/h9H,4-7H2,1-3H3,(H,14,17)(H,15,16). The van der Waals surface area contributed by atoms with Crippen molar-refractivity contribution < 1.29 is 4.79 Å². The Bertz CT molecular complexity index is 501. The minimum atomic E-state index is 0.117. The van der Waals surface area contributed by atoms with Gasteiger partial charge in [0.05, 0.1) is 6.42 Å². The lowest BCUT2D eigenvalue weighted by atomic mass is 9.92. The first-order valence-electron chi connectivity index (χ1n) is 6.34. The van der Waals surface area contributed by atoms with Crippen LogP contribution in [0.5, 0.6) is 0 Å². The van der Waals surface area contributed by atoms with Crippen molar-refractivity contribution in [2.75, 3.05) is 0 Å². The maximum atomic E-state index is 12.0. The van der Waals surface area contributed by atoms with Gasteiger partial charge >= 0.3 is 0 Å². The predicted octanol–water partition coefficient (Wildman–Crippen LogP) is 3.35. The van der Waals surface area contributed by atoms with E-state index in [4.69, 9.17) is 12.2 Å². The number of amides is 1. The second-order valence-corrected chi connectivity index (χ2v) is 7.68. The topological polar surface area (TPSA) is 44.9 Å². The van der Waals surface area contributed by atoms with Crippen LogP contribution in [-0.2, 0) is 11.2 Å². The van der Waals surface area contributed by atoms with Gasteiger partial charge in [0.15, 0.2) is 3.95 Å². The van der Waals surface area contributed by atoms with E-state index in [0.717, 1.165) is 27.4 Å². The number of aryl methyl sites for hydroxylation is 1. The summed E-state index contributed by atoms with van der Waals surface area (Å²) in [4.78, 5) is 16.1. The van der Waals surface area contributed by atoms with Crippen LogP contribution in [0, 0.1) is 16.3 Å². The second-order valence-electron chi connectivity index (χ2n) is 5.91. The van der Waals surface area contributed by atoms with Gasteiger partial charge in [-0.2, -0.15) is 0 Å². The third-order valence-corrected chi connectivity index (χ3v) is 4.91. The molecule has 1 heterocycles. The van der Waals surface area contributed by atoms with Gasteiger partial charge in [-0.05, 0) is 43.8 Å². The highest BCUT2D eigenvalue weighted by Gasteiger charge is 2.31. The van der Waals surface area contributed by atoms with Gasteiger partial charge in [-0.1, -0.05) is 13.8 Å². The Kier molecular flexibility index (Phi) is 3.92. The number of carbonyl (C=O) groups excluding carboxylic acids is 1. The molecule has 1 atom stereocenters. The number of nitrogens with one attached hydrogen (secondary N) is 2. The lowest BCUT2D eigenvalue weighted by Crippen LogP contribution is -2.34. The Morgan fingerprint density at radius 1 is 1.61 bits per heavy atom. The molecule has 1 aliphatic carbocycles. The molecule has 0 saturated heterocycles. The SMILES string of the molecule is Cc1[nH]c(=S)sc1CC(=O)NC1CCC(C)(C)C1. The summed E-state index contributed by atoms with van der Waals surface area (Å²) in [5, 5.41) is 3.14. The number of H-pyrrole nitrogens is 1. The smallest absolute Gasteiger partial charge is 0.225 e. The fraction of sp³-hybridized carbons (Fsp3) is 0.692. The molecule has 1 aromatic heterocycles. The van der Waals surface area contributed by atoms with Crippen LogP contribution in [0.2, 0.25) is 0 Å². The van der Waals surface area contributed by atoms with E-state index in [0.29, 0.717) is 17.9 Å². The van der Waals surface area contributed by atoms with E-state index in [1.54, 1.807) is 0 Å². The number of aromatic amines is 1. The van der Waals surface area contributed by atoms with Gasteiger partial charge in [-0.15, -0.1) is 11.3 Å². The molecule has 1 aromatic rings. The molecule has 1 fully saturated rings. The normalized spacial score (nSPS) is 22.1. The zero-order chi connectivity index (χ0) is 13.3. The zero-order valence-corrected chi connectivity index (χ0v) is 12.8. The average Bonchev–Trinajstić information content (AvgIpc) is 2.70. The number of carbonyl (C=O) groups is 1. The zero-order valence-electron chi connectivity index (χ0n) is 11.1. The molecule has 2 rings (SSSR count). The van der Waals surface area contributed by atoms with Crippen LogP contribution in [0.4, 0.5) is 0 Å². The third-order valence-electron chi connectivity index (χ3n) is 3.58. The van der Waals surface area contributed by atoms with Crippen molar-refractivity contribution in [1.29, 1.82) is 0 Å². The van der Waals surface area contributed by atoms with Gasteiger partial charge in [-0.3, -0.25) is 4.79 Å². The number of hydrogen-bond acceptors (Lipinski definition) is 3. The van der Waals surface area contributed by atoms with Crippen LogP contribution < -0.4 is 5.32 Å². The molecule has 18 heavy (non-hydrogen) atoms. The van der Waals surface area contributed by atoms with E-state index in [2.05, 4.69) is 24.1 Å². The molecule has 0 spiro atoms. The Morgan fingerprint density at radius 3 is 2.83 bits per heavy atom. The highest BCUT2D eigenvalue weighted by atomic mass is 32.1. The fourth-order valence-electron chi connectivity index (χ4n) is 2.59. The minimum Gasteiger partial charge on any atom is -0.353 e. The van der Waals surface area contributed by atoms with E-state index < -0.39 is 0 Å². The quantitative estimate of drug-likeness (QED) is 0.836. The fourth-order valence-corrected chi connectivity index (χ4v) is 3.88. The third kappa shape index (κ3) is 3.42. The maximum Gasteiger partial charge on any atom is 0.225 e. The Morgan fingerprint density at radius 2 is 2.33 bits per heavy atom. The number of thiazole rings is 1. The highest BCUT2D eigenvalue weighted by molar-refractivity contribution is 7.73. The van der Waals surface area contributed by atoms with Crippen molar-refractivity contribution in [3.63, 3.8) is 0 Å². The molecule has 1 aliphatic rings. The van der Waals surface area contributed by atoms with Gasteiger partial charge in [0, 0.05) is 16.6 Å². The summed E-state index contributed by atoms with van der Waals surface area (Å²) in [6.07, 6.45) is 3.82. The molecule has 1 amide bonds. The van der Waals surface area contributed by atoms with Crippen molar-refractivity contribution in [3.8, 4) is 0 Å². The number of aromatic nitrogens is 1. The van der Waals surface area contributed by atoms with Crippen LogP contribution in [-0.4, -0.2) is 16.9 Å². The summed E-state index contributed by atoms with van der Waals surface area (Å²) in [5.41, 5.74) is 1.39. The second kappa shape index (κ2) is 5.13. The molecule has 3 nitrogen and oxygen atoms in total. The first kappa shape index (κ1) is 13.7. The van der Waals surface area contributed by atoms with E-state index in [1.807, 2.05) is 6.92 Å². The lowest BCUT2D eigenvalue weighted by molar-refractivity contribution is -0.121. The van der Waals surface area contributed by atoms with Crippen molar-refractivity contribution in [1.82, 2.24) is 10.3 Å². The summed E-state index contributed by atoms with van der Waals surface area (Å²) >= 11 is 6.58. The van der Waals surface area contributed by atoms with Gasteiger partial charge < -0.3 is 10.3 Å². The molecule has 1 saturated carbocycles. The average molecular weight is 284 g/mol. The van der Waals surface area contributed by atoms with E-state index in [1.165, 1.54) is 17.8 Å². The molecule has 100 valence electrons. The summed E-state index contributed by atoms with van der Waals surface area (Å²) < 4.78 is 0.747. The number of hydrogen-bond donors (Lipinski definition) is 2. The van der Waals surface area contributed by atoms with Crippen molar-refractivity contribution in [3.05, 3.63) is 14.5 Å². The first-order chi connectivity index (χ1) is 8.35.